The zero-order chi connectivity index (χ0) is 18.7. The molecule has 1 aliphatic heterocycles. The predicted octanol–water partition coefficient (Wildman–Crippen LogP) is 0.952. The Morgan fingerprint density at radius 3 is 2.64 bits per heavy atom. The Balaban J connectivity index is 2.26. The third-order valence-electron chi connectivity index (χ3n) is 3.69. The molecule has 1 aromatic rings. The van der Waals surface area contributed by atoms with Crippen molar-refractivity contribution >= 4 is 10.0 Å². The van der Waals surface area contributed by atoms with Crippen molar-refractivity contribution in [3.8, 4) is 5.75 Å². The molecule has 11 heteroatoms. The smallest absolute Gasteiger partial charge is 0.405 e. The van der Waals surface area contributed by atoms with E-state index in [9.17, 15) is 26.7 Å². The third kappa shape index (κ3) is 5.05. The minimum absolute atomic E-state index is 0.0830. The van der Waals surface area contributed by atoms with Crippen molar-refractivity contribution in [2.24, 2.45) is 0 Å². The Morgan fingerprint density at radius 2 is 2.04 bits per heavy atom. The van der Waals surface area contributed by atoms with Crippen LogP contribution < -0.4 is 9.46 Å². The van der Waals surface area contributed by atoms with E-state index >= 15 is 0 Å². The Hall–Kier alpha value is -1.40. The summed E-state index contributed by atoms with van der Waals surface area (Å²) in [5.41, 5.74) is -0.140. The first kappa shape index (κ1) is 19.9. The predicted molar refractivity (Wildman–Crippen MR) is 80.4 cm³/mol. The van der Waals surface area contributed by atoms with Gasteiger partial charge < -0.3 is 19.3 Å². The maximum Gasteiger partial charge on any atom is 0.573 e. The van der Waals surface area contributed by atoms with E-state index in [0.717, 1.165) is 6.07 Å². The zero-order valence-electron chi connectivity index (χ0n) is 13.2. The van der Waals surface area contributed by atoms with Crippen LogP contribution in [0.3, 0.4) is 0 Å². The molecule has 0 saturated carbocycles. The Kier molecular flexibility index (Phi) is 6.27. The summed E-state index contributed by atoms with van der Waals surface area (Å²) >= 11 is 0. The number of rotatable bonds is 7. The molecule has 7 nitrogen and oxygen atoms in total. The van der Waals surface area contributed by atoms with Crippen molar-refractivity contribution in [3.05, 3.63) is 29.8 Å². The molecular formula is C14H18F3NO6S. The average molecular weight is 385 g/mol. The first-order chi connectivity index (χ1) is 11.7. The van der Waals surface area contributed by atoms with Gasteiger partial charge in [-0.25, -0.2) is 13.1 Å². The zero-order valence-corrected chi connectivity index (χ0v) is 14.0. The molecule has 0 bridgehead atoms. The van der Waals surface area contributed by atoms with Gasteiger partial charge in [0.15, 0.2) is 0 Å². The lowest BCUT2D eigenvalue weighted by atomic mass is 10.1. The molecule has 0 aromatic heterocycles. The number of alkyl halides is 3. The number of hydrogen-bond donors (Lipinski definition) is 2. The second kappa shape index (κ2) is 7.87. The quantitative estimate of drug-likeness (QED) is 0.726. The maximum absolute atomic E-state index is 12.5. The molecule has 1 fully saturated rings. The van der Waals surface area contributed by atoms with Crippen molar-refractivity contribution in [1.82, 2.24) is 4.72 Å². The Morgan fingerprint density at radius 1 is 1.36 bits per heavy atom. The molecule has 0 spiro atoms. The molecule has 0 amide bonds. The molecule has 25 heavy (non-hydrogen) atoms. The van der Waals surface area contributed by atoms with Gasteiger partial charge in [0.25, 0.3) is 0 Å². The number of halogens is 3. The largest absolute Gasteiger partial charge is 0.573 e. The Bertz CT molecular complexity index is 681. The van der Waals surface area contributed by atoms with Gasteiger partial charge in [0.1, 0.15) is 17.1 Å². The van der Waals surface area contributed by atoms with E-state index in [4.69, 9.17) is 9.47 Å². The first-order valence-electron chi connectivity index (χ1n) is 7.25. The highest BCUT2D eigenvalue weighted by Gasteiger charge is 2.40. The molecule has 0 aliphatic carbocycles. The van der Waals surface area contributed by atoms with Crippen LogP contribution in [0.1, 0.15) is 11.6 Å². The van der Waals surface area contributed by atoms with Crippen molar-refractivity contribution in [1.29, 1.82) is 0 Å². The fourth-order valence-electron chi connectivity index (χ4n) is 2.50. The molecule has 2 rings (SSSR count). The third-order valence-corrected chi connectivity index (χ3v) is 5.54. The van der Waals surface area contributed by atoms with Crippen LogP contribution in [0.2, 0.25) is 0 Å². The van der Waals surface area contributed by atoms with Crippen LogP contribution in [0, 0.1) is 0 Å². The van der Waals surface area contributed by atoms with E-state index in [2.05, 4.69) is 9.46 Å². The van der Waals surface area contributed by atoms with Gasteiger partial charge in [-0.1, -0.05) is 18.2 Å². The van der Waals surface area contributed by atoms with E-state index in [1.54, 1.807) is 0 Å². The van der Waals surface area contributed by atoms with E-state index in [1.165, 1.54) is 25.3 Å². The number of benzene rings is 1. The Labute approximate surface area is 142 Å². The van der Waals surface area contributed by atoms with E-state index in [-0.39, 0.29) is 18.8 Å². The van der Waals surface area contributed by atoms with E-state index in [1.807, 2.05) is 0 Å². The fourth-order valence-corrected chi connectivity index (χ4v) is 4.13. The van der Waals surface area contributed by atoms with Crippen molar-refractivity contribution in [3.63, 3.8) is 0 Å². The molecular weight excluding hydrogens is 367 g/mol. The minimum atomic E-state index is -4.95. The van der Waals surface area contributed by atoms with Gasteiger partial charge in [-0.15, -0.1) is 13.2 Å². The number of nitrogens with one attached hydrogen (secondary N) is 1. The van der Waals surface area contributed by atoms with Crippen molar-refractivity contribution < 1.29 is 40.9 Å². The van der Waals surface area contributed by atoms with Gasteiger partial charge in [0.05, 0.1) is 25.9 Å². The number of para-hydroxylation sites is 1. The van der Waals surface area contributed by atoms with Gasteiger partial charge in [0.2, 0.25) is 10.0 Å². The van der Waals surface area contributed by atoms with Crippen LogP contribution in [0.5, 0.6) is 5.75 Å². The molecule has 3 unspecified atom stereocenters. The van der Waals surface area contributed by atoms with Gasteiger partial charge in [-0.2, -0.15) is 0 Å². The van der Waals surface area contributed by atoms with Crippen LogP contribution in [0.4, 0.5) is 13.2 Å². The van der Waals surface area contributed by atoms with Crippen molar-refractivity contribution in [2.75, 3.05) is 26.9 Å². The summed E-state index contributed by atoms with van der Waals surface area (Å²) in [6, 6.07) is 3.67. The molecule has 3 atom stereocenters. The average Bonchev–Trinajstić information content (AvgIpc) is 3.01. The molecule has 1 aliphatic rings. The highest BCUT2D eigenvalue weighted by Crippen LogP contribution is 2.31. The summed E-state index contributed by atoms with van der Waals surface area (Å²) in [7, 11) is -2.71. The molecule has 142 valence electrons. The van der Waals surface area contributed by atoms with Crippen LogP contribution in [0.25, 0.3) is 0 Å². The normalized spacial score (nSPS) is 22.8. The van der Waals surface area contributed by atoms with E-state index in [0.29, 0.717) is 0 Å². The molecule has 1 heterocycles. The minimum Gasteiger partial charge on any atom is -0.405 e. The number of ether oxygens (including phenoxy) is 3. The summed E-state index contributed by atoms with van der Waals surface area (Å²) in [5, 5.41) is 8.47. The lowest BCUT2D eigenvalue weighted by molar-refractivity contribution is -0.275. The first-order valence-corrected chi connectivity index (χ1v) is 8.79. The summed E-state index contributed by atoms with van der Waals surface area (Å²) in [4.78, 5) is 0. The van der Waals surface area contributed by atoms with Crippen LogP contribution in [-0.2, 0) is 19.5 Å². The van der Waals surface area contributed by atoms with Gasteiger partial charge >= 0.3 is 6.36 Å². The lowest BCUT2D eigenvalue weighted by Crippen LogP contribution is -2.44. The van der Waals surface area contributed by atoms with Gasteiger partial charge in [-0.05, 0) is 6.07 Å². The number of sulfonamides is 1. The van der Waals surface area contributed by atoms with Crippen molar-refractivity contribution in [2.45, 2.75) is 23.8 Å². The van der Waals surface area contributed by atoms with Gasteiger partial charge in [-0.3, -0.25) is 0 Å². The molecule has 1 saturated heterocycles. The monoisotopic (exact) mass is 385 g/mol. The summed E-state index contributed by atoms with van der Waals surface area (Å²) in [6.07, 6.45) is -5.66. The van der Waals surface area contributed by atoms with Crippen LogP contribution in [-0.4, -0.2) is 58.2 Å². The second-order valence-electron chi connectivity index (χ2n) is 5.33. The maximum atomic E-state index is 12.5. The summed E-state index contributed by atoms with van der Waals surface area (Å²) < 4.78 is 78.8. The highest BCUT2D eigenvalue weighted by atomic mass is 32.2. The van der Waals surface area contributed by atoms with Gasteiger partial charge in [0, 0.05) is 12.7 Å². The number of hydrogen-bond acceptors (Lipinski definition) is 6. The fraction of sp³-hybridized carbons (Fsp3) is 0.571. The SMILES string of the molecule is COC1COCC1S(=O)(=O)NC(CO)c1ccccc1OC(F)(F)F. The van der Waals surface area contributed by atoms with Crippen LogP contribution >= 0.6 is 0 Å². The van der Waals surface area contributed by atoms with Crippen LogP contribution in [0.15, 0.2) is 24.3 Å². The number of aliphatic hydroxyl groups is 1. The highest BCUT2D eigenvalue weighted by molar-refractivity contribution is 7.90. The summed E-state index contributed by atoms with van der Waals surface area (Å²) in [6.45, 7) is -0.797. The lowest BCUT2D eigenvalue weighted by Gasteiger charge is -2.23. The topological polar surface area (TPSA) is 94.1 Å². The summed E-state index contributed by atoms with van der Waals surface area (Å²) in [5.74, 6) is -0.595. The number of methoxy groups -OCH3 is 1. The molecule has 0 radical (unpaired) electrons. The number of aliphatic hydroxyl groups excluding tert-OH is 1. The molecule has 2 N–H and O–H groups in total. The standard InChI is InChI=1S/C14H18F3NO6S/c1-22-12-7-23-8-13(12)25(20,21)18-10(6-19)9-4-2-3-5-11(9)24-14(15,16)17/h2-5,10,12-13,18-19H,6-8H2,1H3. The van der Waals surface area contributed by atoms with E-state index < -0.39 is 46.1 Å². The molecule has 1 aromatic carbocycles. The second-order valence-corrected chi connectivity index (χ2v) is 7.26.